The van der Waals surface area contributed by atoms with Gasteiger partial charge in [0.2, 0.25) is 0 Å². The number of fused-ring (bicyclic) bond motifs is 1. The van der Waals surface area contributed by atoms with Crippen molar-refractivity contribution in [3.8, 4) is 0 Å². The third-order valence-electron chi connectivity index (χ3n) is 4.68. The predicted molar refractivity (Wildman–Crippen MR) is 97.4 cm³/mol. The molecule has 128 valence electrons. The number of aliphatic imine (C=N–C) groups is 1. The van der Waals surface area contributed by atoms with E-state index in [2.05, 4.69) is 11.1 Å². The number of carbonyl (C=O) groups is 1. The van der Waals surface area contributed by atoms with Gasteiger partial charge >= 0.3 is 0 Å². The number of thioether (sulfide) groups is 1. The fourth-order valence-electron chi connectivity index (χ4n) is 3.47. The largest absolute Gasteiger partial charge is 0.316 e. The summed E-state index contributed by atoms with van der Waals surface area (Å²) in [5.41, 5.74) is 3.17. The average molecular weight is 364 g/mol. The molecule has 1 amide bonds. The first-order valence-corrected chi connectivity index (χ1v) is 10.9. The highest BCUT2D eigenvalue weighted by Crippen LogP contribution is 2.42. The fourth-order valence-corrected chi connectivity index (χ4v) is 7.39. The van der Waals surface area contributed by atoms with E-state index in [-0.39, 0.29) is 34.6 Å². The number of benzene rings is 1. The highest BCUT2D eigenvalue weighted by Gasteiger charge is 2.49. The molecule has 0 unspecified atom stereocenters. The first-order valence-electron chi connectivity index (χ1n) is 8.19. The number of amidine groups is 1. The van der Waals surface area contributed by atoms with Gasteiger partial charge in [-0.2, -0.15) is 4.99 Å². The van der Waals surface area contributed by atoms with Gasteiger partial charge in [-0.15, -0.1) is 0 Å². The van der Waals surface area contributed by atoms with E-state index >= 15 is 0 Å². The highest BCUT2D eigenvalue weighted by molar-refractivity contribution is 8.16. The zero-order valence-electron chi connectivity index (χ0n) is 13.7. The van der Waals surface area contributed by atoms with Gasteiger partial charge in [-0.1, -0.05) is 17.8 Å². The third kappa shape index (κ3) is 2.99. The molecule has 0 bridgehead atoms. The number of sulfone groups is 1. The highest BCUT2D eigenvalue weighted by atomic mass is 32.2. The number of rotatable bonds is 2. The number of aryl methyl sites for hydroxylation is 2. The molecule has 2 atom stereocenters. The lowest BCUT2D eigenvalue weighted by molar-refractivity contribution is -0.118. The van der Waals surface area contributed by atoms with Crippen LogP contribution in [-0.4, -0.2) is 42.3 Å². The van der Waals surface area contributed by atoms with Crippen molar-refractivity contribution in [3.05, 3.63) is 29.3 Å². The minimum absolute atomic E-state index is 0.0402. The number of carbonyl (C=O) groups excluding carboxylic acids is 1. The third-order valence-corrected chi connectivity index (χ3v) is 7.89. The lowest BCUT2D eigenvalue weighted by Gasteiger charge is -2.25. The number of amides is 1. The molecule has 0 N–H and O–H groups in total. The van der Waals surface area contributed by atoms with Gasteiger partial charge < -0.3 is 4.90 Å². The Hall–Kier alpha value is -1.34. The minimum atomic E-state index is -3.02. The van der Waals surface area contributed by atoms with Crippen LogP contribution >= 0.6 is 11.8 Å². The van der Waals surface area contributed by atoms with Crippen LogP contribution in [0.2, 0.25) is 0 Å². The van der Waals surface area contributed by atoms with Gasteiger partial charge in [0, 0.05) is 16.9 Å². The second kappa shape index (κ2) is 5.59. The molecule has 3 fully saturated rings. The normalized spacial score (nSPS) is 29.9. The zero-order valence-corrected chi connectivity index (χ0v) is 15.4. The van der Waals surface area contributed by atoms with Crippen LogP contribution in [0.25, 0.3) is 0 Å². The summed E-state index contributed by atoms with van der Waals surface area (Å²) in [6.45, 7) is 4.05. The molecule has 24 heavy (non-hydrogen) atoms. The molecular formula is C17H20N2O3S2. The summed E-state index contributed by atoms with van der Waals surface area (Å²) in [5.74, 6) is 0.312. The van der Waals surface area contributed by atoms with Crippen molar-refractivity contribution in [1.29, 1.82) is 0 Å². The second-order valence-corrected chi connectivity index (χ2v) is 10.4. The molecule has 5 nitrogen and oxygen atoms in total. The van der Waals surface area contributed by atoms with Gasteiger partial charge in [-0.05, 0) is 49.9 Å². The average Bonchev–Trinajstić information content (AvgIpc) is 3.18. The van der Waals surface area contributed by atoms with Gasteiger partial charge in [0.05, 0.1) is 17.5 Å². The molecule has 1 aromatic rings. The first-order chi connectivity index (χ1) is 11.3. The Morgan fingerprint density at radius 1 is 1.17 bits per heavy atom. The van der Waals surface area contributed by atoms with Crippen LogP contribution in [0, 0.1) is 19.8 Å². The van der Waals surface area contributed by atoms with E-state index in [1.165, 1.54) is 11.8 Å². The van der Waals surface area contributed by atoms with Crippen LogP contribution in [0.1, 0.15) is 24.0 Å². The van der Waals surface area contributed by atoms with Crippen LogP contribution in [-0.2, 0) is 14.6 Å². The van der Waals surface area contributed by atoms with Crippen molar-refractivity contribution < 1.29 is 13.2 Å². The molecule has 3 aliphatic rings. The molecule has 0 radical (unpaired) electrons. The Morgan fingerprint density at radius 3 is 2.46 bits per heavy atom. The Morgan fingerprint density at radius 2 is 1.83 bits per heavy atom. The fraction of sp³-hybridized carbons (Fsp3) is 0.529. The maximum Gasteiger partial charge on any atom is 0.251 e. The molecular weight excluding hydrogens is 344 g/mol. The van der Waals surface area contributed by atoms with E-state index in [4.69, 9.17) is 0 Å². The van der Waals surface area contributed by atoms with Crippen LogP contribution in [0.4, 0.5) is 5.69 Å². The summed E-state index contributed by atoms with van der Waals surface area (Å²) in [5, 5.41) is 0.628. The molecule has 1 saturated carbocycles. The molecule has 0 spiro atoms. The second-order valence-electron chi connectivity index (χ2n) is 7.02. The van der Waals surface area contributed by atoms with Crippen molar-refractivity contribution in [2.75, 3.05) is 16.4 Å². The van der Waals surface area contributed by atoms with Crippen molar-refractivity contribution >= 4 is 38.4 Å². The molecule has 1 aromatic carbocycles. The lowest BCUT2D eigenvalue weighted by atomic mass is 10.1. The minimum Gasteiger partial charge on any atom is -0.316 e. The summed E-state index contributed by atoms with van der Waals surface area (Å²) in [6, 6.07) is 6.03. The van der Waals surface area contributed by atoms with E-state index in [0.717, 1.165) is 29.7 Å². The molecule has 7 heteroatoms. The topological polar surface area (TPSA) is 66.8 Å². The smallest absolute Gasteiger partial charge is 0.251 e. The van der Waals surface area contributed by atoms with Gasteiger partial charge in [0.25, 0.3) is 5.91 Å². The summed E-state index contributed by atoms with van der Waals surface area (Å²) < 4.78 is 24.1. The standard InChI is InChI=1S/C17H20N2O3S2/c1-10-5-11(2)7-13(6-10)19-14-8-24(21,22)9-15(14)23-17(19)18-16(20)12-3-4-12/h5-7,12,14-15H,3-4,8-9H2,1-2H3/t14-,15-/m1/s1. The van der Waals surface area contributed by atoms with Crippen LogP contribution in [0.3, 0.4) is 0 Å². The zero-order chi connectivity index (χ0) is 17.1. The molecule has 2 heterocycles. The van der Waals surface area contributed by atoms with Crippen LogP contribution in [0.5, 0.6) is 0 Å². The monoisotopic (exact) mass is 364 g/mol. The molecule has 1 aliphatic carbocycles. The summed E-state index contributed by atoms with van der Waals surface area (Å²) in [4.78, 5) is 18.5. The predicted octanol–water partition coefficient (Wildman–Crippen LogP) is 2.31. The van der Waals surface area contributed by atoms with E-state index in [0.29, 0.717) is 5.17 Å². The number of hydrogen-bond acceptors (Lipinski definition) is 4. The molecule has 0 aromatic heterocycles. The summed E-state index contributed by atoms with van der Waals surface area (Å²) in [6.07, 6.45) is 1.84. The van der Waals surface area contributed by atoms with E-state index < -0.39 is 9.84 Å². The van der Waals surface area contributed by atoms with Crippen molar-refractivity contribution in [2.24, 2.45) is 10.9 Å². The quantitative estimate of drug-likeness (QED) is 0.806. The van der Waals surface area contributed by atoms with Crippen molar-refractivity contribution in [1.82, 2.24) is 0 Å². The Kier molecular flexibility index (Phi) is 3.76. The summed E-state index contributed by atoms with van der Waals surface area (Å²) in [7, 11) is -3.02. The van der Waals surface area contributed by atoms with Gasteiger partial charge in [-0.3, -0.25) is 4.79 Å². The maximum atomic E-state index is 12.2. The van der Waals surface area contributed by atoms with E-state index in [1.54, 1.807) is 0 Å². The molecule has 4 rings (SSSR count). The number of hydrogen-bond donors (Lipinski definition) is 0. The van der Waals surface area contributed by atoms with Crippen molar-refractivity contribution in [2.45, 2.75) is 38.0 Å². The van der Waals surface area contributed by atoms with Gasteiger partial charge in [-0.25, -0.2) is 8.42 Å². The van der Waals surface area contributed by atoms with Crippen molar-refractivity contribution in [3.63, 3.8) is 0 Å². The number of anilines is 1. The van der Waals surface area contributed by atoms with Crippen LogP contribution < -0.4 is 4.90 Å². The Bertz CT molecular complexity index is 823. The SMILES string of the molecule is Cc1cc(C)cc(N2C(=NC(=O)C3CC3)S[C@@H]3CS(=O)(=O)C[C@H]32)c1. The lowest BCUT2D eigenvalue weighted by Crippen LogP contribution is -2.37. The summed E-state index contributed by atoms with van der Waals surface area (Å²) >= 11 is 1.45. The van der Waals surface area contributed by atoms with Crippen LogP contribution in [0.15, 0.2) is 23.2 Å². The maximum absolute atomic E-state index is 12.2. The molecule has 2 saturated heterocycles. The Balaban J connectivity index is 1.75. The van der Waals surface area contributed by atoms with E-state index in [1.807, 2.05) is 30.9 Å². The number of nitrogens with zero attached hydrogens (tertiary/aromatic N) is 2. The van der Waals surface area contributed by atoms with Gasteiger partial charge in [0.1, 0.15) is 0 Å². The Labute approximate surface area is 146 Å². The first kappa shape index (κ1) is 16.1. The van der Waals surface area contributed by atoms with E-state index in [9.17, 15) is 13.2 Å². The van der Waals surface area contributed by atoms with Gasteiger partial charge in [0.15, 0.2) is 15.0 Å². The molecule has 2 aliphatic heterocycles.